The molecule has 0 aliphatic carbocycles. The van der Waals surface area contributed by atoms with Crippen LogP contribution in [0.25, 0.3) is 10.9 Å². The molecular weight excluding hydrogens is 208 g/mol. The van der Waals surface area contributed by atoms with Crippen molar-refractivity contribution < 1.29 is 14.7 Å². The Balaban J connectivity index is 2.77. The van der Waals surface area contributed by atoms with Gasteiger partial charge in [-0.1, -0.05) is 18.2 Å². The highest BCUT2D eigenvalue weighted by Crippen LogP contribution is 2.23. The predicted molar refractivity (Wildman–Crippen MR) is 56.5 cm³/mol. The zero-order chi connectivity index (χ0) is 11.5. The number of aromatic nitrogens is 1. The summed E-state index contributed by atoms with van der Waals surface area (Å²) < 4.78 is 0. The molecular formula is C11H6N2O3. The van der Waals surface area contributed by atoms with E-state index in [2.05, 4.69) is 9.98 Å². The average molecular weight is 214 g/mol. The minimum atomic E-state index is -1.12. The molecule has 78 valence electrons. The molecule has 0 fully saturated rings. The Labute approximate surface area is 90.1 Å². The van der Waals surface area contributed by atoms with E-state index < -0.39 is 5.97 Å². The van der Waals surface area contributed by atoms with Crippen molar-refractivity contribution in [3.8, 4) is 0 Å². The van der Waals surface area contributed by atoms with Crippen LogP contribution in [0.15, 0.2) is 35.3 Å². The number of isocyanates is 1. The largest absolute Gasteiger partial charge is 0.477 e. The van der Waals surface area contributed by atoms with Crippen molar-refractivity contribution in [3.63, 3.8) is 0 Å². The number of hydrogen-bond acceptors (Lipinski definition) is 4. The zero-order valence-electron chi connectivity index (χ0n) is 8.04. The number of rotatable bonds is 2. The molecule has 5 heteroatoms. The molecule has 0 radical (unpaired) electrons. The number of nitrogens with zero attached hydrogens (tertiary/aromatic N) is 2. The SMILES string of the molecule is O=C=Nc1cccc2ccc(C(=O)O)nc12. The molecule has 5 nitrogen and oxygen atoms in total. The van der Waals surface area contributed by atoms with Crippen LogP contribution in [0.5, 0.6) is 0 Å². The fraction of sp³-hybridized carbons (Fsp3) is 0. The number of hydrogen-bond donors (Lipinski definition) is 1. The Bertz CT molecular complexity index is 616. The first-order valence-electron chi connectivity index (χ1n) is 4.43. The Morgan fingerprint density at radius 3 is 2.81 bits per heavy atom. The first kappa shape index (κ1) is 10.0. The summed E-state index contributed by atoms with van der Waals surface area (Å²) >= 11 is 0. The molecule has 2 rings (SSSR count). The second-order valence-electron chi connectivity index (χ2n) is 3.05. The van der Waals surface area contributed by atoms with Gasteiger partial charge in [-0.05, 0) is 12.1 Å². The maximum absolute atomic E-state index is 10.7. The number of pyridine rings is 1. The highest BCUT2D eigenvalue weighted by molar-refractivity contribution is 5.94. The minimum Gasteiger partial charge on any atom is -0.477 e. The molecule has 1 aromatic heterocycles. The van der Waals surface area contributed by atoms with Gasteiger partial charge < -0.3 is 5.11 Å². The molecule has 0 atom stereocenters. The summed E-state index contributed by atoms with van der Waals surface area (Å²) in [6, 6.07) is 8.07. The maximum atomic E-state index is 10.7. The van der Waals surface area contributed by atoms with Crippen LogP contribution in [0.2, 0.25) is 0 Å². The summed E-state index contributed by atoms with van der Waals surface area (Å²) in [5.74, 6) is -1.12. The minimum absolute atomic E-state index is 0.0824. The molecule has 0 aliphatic heterocycles. The van der Waals surface area contributed by atoms with Gasteiger partial charge in [0.05, 0.1) is 5.52 Å². The van der Waals surface area contributed by atoms with Crippen LogP contribution in [-0.2, 0) is 4.79 Å². The molecule has 0 aliphatic rings. The molecule has 1 aromatic carbocycles. The fourth-order valence-corrected chi connectivity index (χ4v) is 1.39. The average Bonchev–Trinajstić information content (AvgIpc) is 2.29. The normalized spacial score (nSPS) is 9.75. The highest BCUT2D eigenvalue weighted by atomic mass is 16.4. The number of benzene rings is 1. The van der Waals surface area contributed by atoms with Crippen LogP contribution in [0.3, 0.4) is 0 Å². The van der Waals surface area contributed by atoms with Crippen LogP contribution in [0.4, 0.5) is 5.69 Å². The quantitative estimate of drug-likeness (QED) is 0.611. The van der Waals surface area contributed by atoms with E-state index in [1.807, 2.05) is 0 Å². The number of aliphatic imine (C=N–C) groups is 1. The monoisotopic (exact) mass is 214 g/mol. The summed E-state index contributed by atoms with van der Waals surface area (Å²) in [7, 11) is 0. The van der Waals surface area contributed by atoms with E-state index in [0.717, 1.165) is 5.39 Å². The Morgan fingerprint density at radius 1 is 1.31 bits per heavy atom. The first-order chi connectivity index (χ1) is 7.72. The molecule has 0 saturated carbocycles. The lowest BCUT2D eigenvalue weighted by atomic mass is 10.2. The van der Waals surface area contributed by atoms with Crippen molar-refractivity contribution in [1.29, 1.82) is 0 Å². The Morgan fingerprint density at radius 2 is 2.12 bits per heavy atom. The van der Waals surface area contributed by atoms with Crippen molar-refractivity contribution in [2.45, 2.75) is 0 Å². The third-order valence-corrected chi connectivity index (χ3v) is 2.08. The van der Waals surface area contributed by atoms with Gasteiger partial charge in [0.15, 0.2) is 0 Å². The van der Waals surface area contributed by atoms with E-state index in [1.54, 1.807) is 24.3 Å². The topological polar surface area (TPSA) is 79.6 Å². The van der Waals surface area contributed by atoms with Gasteiger partial charge >= 0.3 is 5.97 Å². The molecule has 0 amide bonds. The van der Waals surface area contributed by atoms with Gasteiger partial charge in [0.1, 0.15) is 11.4 Å². The van der Waals surface area contributed by atoms with Crippen LogP contribution >= 0.6 is 0 Å². The number of carbonyl (C=O) groups excluding carboxylic acids is 1. The van der Waals surface area contributed by atoms with Gasteiger partial charge in [0.2, 0.25) is 6.08 Å². The number of aromatic carboxylic acids is 1. The first-order valence-corrected chi connectivity index (χ1v) is 4.43. The van der Waals surface area contributed by atoms with Crippen molar-refractivity contribution >= 4 is 28.6 Å². The van der Waals surface area contributed by atoms with Crippen molar-refractivity contribution in [2.24, 2.45) is 4.99 Å². The zero-order valence-corrected chi connectivity index (χ0v) is 8.04. The number of carboxylic acid groups (broad SMARTS) is 1. The van der Waals surface area contributed by atoms with Gasteiger partial charge in [-0.25, -0.2) is 14.6 Å². The third kappa shape index (κ3) is 1.67. The molecule has 1 N–H and O–H groups in total. The second kappa shape index (κ2) is 3.92. The highest BCUT2D eigenvalue weighted by Gasteiger charge is 2.07. The summed E-state index contributed by atoms with van der Waals surface area (Å²) in [5, 5.41) is 9.52. The molecule has 1 heterocycles. The molecule has 0 spiro atoms. The molecule has 0 unspecified atom stereocenters. The van der Waals surface area contributed by atoms with Gasteiger partial charge in [-0.3, -0.25) is 0 Å². The lowest BCUT2D eigenvalue weighted by Crippen LogP contribution is -1.99. The smallest absolute Gasteiger partial charge is 0.354 e. The summed E-state index contributed by atoms with van der Waals surface area (Å²) in [6.45, 7) is 0. The van der Waals surface area contributed by atoms with Crippen molar-refractivity contribution in [1.82, 2.24) is 4.98 Å². The molecule has 0 bridgehead atoms. The number of carboxylic acids is 1. The summed E-state index contributed by atoms with van der Waals surface area (Å²) in [4.78, 5) is 28.3. The van der Waals surface area contributed by atoms with E-state index in [0.29, 0.717) is 11.2 Å². The lowest BCUT2D eigenvalue weighted by Gasteiger charge is -2.00. The Kier molecular flexibility index (Phi) is 2.45. The van der Waals surface area contributed by atoms with E-state index in [1.165, 1.54) is 12.1 Å². The van der Waals surface area contributed by atoms with E-state index in [4.69, 9.17) is 5.11 Å². The second-order valence-corrected chi connectivity index (χ2v) is 3.05. The van der Waals surface area contributed by atoms with Crippen LogP contribution in [0.1, 0.15) is 10.5 Å². The van der Waals surface area contributed by atoms with E-state index >= 15 is 0 Å². The molecule has 0 saturated heterocycles. The lowest BCUT2D eigenvalue weighted by molar-refractivity contribution is 0.0691. The van der Waals surface area contributed by atoms with Crippen molar-refractivity contribution in [3.05, 3.63) is 36.0 Å². The van der Waals surface area contributed by atoms with E-state index in [9.17, 15) is 9.59 Å². The number of carbonyl (C=O) groups is 1. The van der Waals surface area contributed by atoms with Crippen LogP contribution in [-0.4, -0.2) is 22.1 Å². The van der Waals surface area contributed by atoms with Gasteiger partial charge in [-0.2, -0.15) is 4.99 Å². The van der Waals surface area contributed by atoms with Crippen molar-refractivity contribution in [2.75, 3.05) is 0 Å². The summed E-state index contributed by atoms with van der Waals surface area (Å²) in [6.07, 6.45) is 1.41. The maximum Gasteiger partial charge on any atom is 0.354 e. The summed E-state index contributed by atoms with van der Waals surface area (Å²) in [5.41, 5.74) is 0.613. The predicted octanol–water partition coefficient (Wildman–Crippen LogP) is 1.90. The standard InChI is InChI=1S/C11H6N2O3/c14-6-12-8-3-1-2-7-4-5-9(11(15)16)13-10(7)8/h1-5H,(H,15,16). The van der Waals surface area contributed by atoms with Gasteiger partial charge in [0.25, 0.3) is 0 Å². The van der Waals surface area contributed by atoms with Crippen LogP contribution < -0.4 is 0 Å². The third-order valence-electron chi connectivity index (χ3n) is 2.08. The van der Waals surface area contributed by atoms with Gasteiger partial charge in [-0.15, -0.1) is 0 Å². The molecule has 16 heavy (non-hydrogen) atoms. The molecule has 2 aromatic rings. The van der Waals surface area contributed by atoms with Crippen LogP contribution in [0, 0.1) is 0 Å². The Hall–Kier alpha value is -2.52. The van der Waals surface area contributed by atoms with Gasteiger partial charge in [0, 0.05) is 5.39 Å². The number of fused-ring (bicyclic) bond motifs is 1. The fourth-order valence-electron chi connectivity index (χ4n) is 1.39. The number of para-hydroxylation sites is 1. The van der Waals surface area contributed by atoms with E-state index in [-0.39, 0.29) is 5.69 Å².